The van der Waals surface area contributed by atoms with Crippen LogP contribution in [0.5, 0.6) is 0 Å². The Morgan fingerprint density at radius 3 is 2.19 bits per heavy atom. The van der Waals surface area contributed by atoms with Crippen molar-refractivity contribution in [3.63, 3.8) is 0 Å². The number of halogens is 7. The Morgan fingerprint density at radius 2 is 1.71 bits per heavy atom. The van der Waals surface area contributed by atoms with Crippen molar-refractivity contribution >= 4 is 40.7 Å². The van der Waals surface area contributed by atoms with E-state index in [9.17, 15) is 17.6 Å². The third-order valence-electron chi connectivity index (χ3n) is 3.08. The van der Waals surface area contributed by atoms with Crippen LogP contribution in [0.15, 0.2) is 22.7 Å². The lowest BCUT2D eigenvalue weighted by Crippen LogP contribution is -2.49. The van der Waals surface area contributed by atoms with Gasteiger partial charge in [-0.15, -0.1) is 24.8 Å². The molecule has 9 heteroatoms. The Labute approximate surface area is 141 Å². The van der Waals surface area contributed by atoms with Gasteiger partial charge in [-0.05, 0) is 17.7 Å². The van der Waals surface area contributed by atoms with E-state index in [-0.39, 0.29) is 34.9 Å². The summed E-state index contributed by atoms with van der Waals surface area (Å²) < 4.78 is 53.0. The molecule has 0 aromatic heterocycles. The highest BCUT2D eigenvalue weighted by Crippen LogP contribution is 2.40. The minimum atomic E-state index is -4.39. The summed E-state index contributed by atoms with van der Waals surface area (Å²) in [6.45, 7) is 1.67. The second-order valence-electron chi connectivity index (χ2n) is 4.40. The maximum atomic E-state index is 13.3. The fourth-order valence-corrected chi connectivity index (χ4v) is 2.81. The maximum Gasteiger partial charge on any atom is 0.408 e. The van der Waals surface area contributed by atoms with E-state index in [1.165, 1.54) is 11.0 Å². The lowest BCUT2D eigenvalue weighted by molar-refractivity contribution is -0.188. The van der Waals surface area contributed by atoms with Gasteiger partial charge in [0.1, 0.15) is 11.9 Å². The third kappa shape index (κ3) is 5.25. The second kappa shape index (κ2) is 8.53. The molecule has 1 N–H and O–H groups in total. The molecule has 0 unspecified atom stereocenters. The van der Waals surface area contributed by atoms with Gasteiger partial charge in [0.15, 0.2) is 0 Å². The fourth-order valence-electron chi connectivity index (χ4n) is 2.24. The van der Waals surface area contributed by atoms with Crippen LogP contribution in [-0.4, -0.2) is 37.3 Å². The van der Waals surface area contributed by atoms with E-state index in [2.05, 4.69) is 21.2 Å². The lowest BCUT2D eigenvalue weighted by atomic mass is 10.0. The summed E-state index contributed by atoms with van der Waals surface area (Å²) in [5.74, 6) is -0.558. The molecule has 1 atom stereocenters. The third-order valence-corrected chi connectivity index (χ3v) is 3.77. The molecule has 1 aliphatic heterocycles. The average Bonchev–Trinajstić information content (AvgIpc) is 2.32. The first-order valence-corrected chi connectivity index (χ1v) is 6.65. The fraction of sp³-hybridized carbons (Fsp3) is 0.500. The van der Waals surface area contributed by atoms with Crippen LogP contribution in [0.2, 0.25) is 0 Å². The van der Waals surface area contributed by atoms with Crippen LogP contribution in [0.25, 0.3) is 0 Å². The van der Waals surface area contributed by atoms with Gasteiger partial charge in [-0.3, -0.25) is 4.90 Å². The van der Waals surface area contributed by atoms with Gasteiger partial charge in [-0.1, -0.05) is 22.0 Å². The Kier molecular flexibility index (Phi) is 8.49. The largest absolute Gasteiger partial charge is 0.408 e. The number of rotatable bonds is 2. The van der Waals surface area contributed by atoms with Crippen molar-refractivity contribution in [2.75, 3.05) is 26.2 Å². The SMILES string of the molecule is Cl.Cl.Fc1ccc([C@@H](N2CCNCC2)C(F)(F)F)c(Br)c1. The number of nitrogens with one attached hydrogen (secondary N) is 1. The quantitative estimate of drug-likeness (QED) is 0.738. The van der Waals surface area contributed by atoms with Crippen LogP contribution in [0.4, 0.5) is 17.6 Å². The van der Waals surface area contributed by atoms with Gasteiger partial charge >= 0.3 is 6.18 Å². The minimum Gasteiger partial charge on any atom is -0.314 e. The number of hydrogen-bond acceptors (Lipinski definition) is 2. The summed E-state index contributed by atoms with van der Waals surface area (Å²) in [6.07, 6.45) is -4.39. The molecule has 1 saturated heterocycles. The zero-order valence-corrected chi connectivity index (χ0v) is 14.0. The van der Waals surface area contributed by atoms with Gasteiger partial charge < -0.3 is 5.32 Å². The van der Waals surface area contributed by atoms with Crippen molar-refractivity contribution in [1.29, 1.82) is 0 Å². The number of nitrogens with zero attached hydrogens (tertiary/aromatic N) is 1. The highest BCUT2D eigenvalue weighted by atomic mass is 79.9. The summed E-state index contributed by atoms with van der Waals surface area (Å²) in [5, 5.41) is 3.02. The Balaban J connectivity index is 0.00000200. The molecule has 0 aliphatic carbocycles. The average molecular weight is 414 g/mol. The molecule has 0 saturated carbocycles. The first-order valence-electron chi connectivity index (χ1n) is 5.86. The van der Waals surface area contributed by atoms with E-state index >= 15 is 0 Å². The molecule has 1 aliphatic rings. The van der Waals surface area contributed by atoms with Gasteiger partial charge in [-0.25, -0.2) is 4.39 Å². The van der Waals surface area contributed by atoms with Gasteiger partial charge in [0.25, 0.3) is 0 Å². The van der Waals surface area contributed by atoms with Crippen LogP contribution in [-0.2, 0) is 0 Å². The van der Waals surface area contributed by atoms with E-state index in [0.29, 0.717) is 26.2 Å². The summed E-state index contributed by atoms with van der Waals surface area (Å²) in [4.78, 5) is 1.37. The van der Waals surface area contributed by atoms with E-state index in [4.69, 9.17) is 0 Å². The number of hydrogen-bond donors (Lipinski definition) is 1. The molecule has 2 rings (SSSR count). The molecule has 1 aromatic rings. The molecule has 1 fully saturated rings. The Morgan fingerprint density at radius 1 is 1.14 bits per heavy atom. The maximum absolute atomic E-state index is 13.3. The van der Waals surface area contributed by atoms with E-state index in [1.807, 2.05) is 0 Å². The molecule has 0 amide bonds. The highest BCUT2D eigenvalue weighted by Gasteiger charge is 2.45. The van der Waals surface area contributed by atoms with Crippen LogP contribution in [0.1, 0.15) is 11.6 Å². The van der Waals surface area contributed by atoms with Gasteiger partial charge in [0.05, 0.1) is 0 Å². The molecule has 0 spiro atoms. The van der Waals surface area contributed by atoms with Crippen molar-refractivity contribution in [3.05, 3.63) is 34.1 Å². The summed E-state index contributed by atoms with van der Waals surface area (Å²) in [5.41, 5.74) is 0.0517. The first kappa shape index (κ1) is 20.9. The molecule has 1 heterocycles. The van der Waals surface area contributed by atoms with E-state index in [0.717, 1.165) is 12.1 Å². The molecule has 2 nitrogen and oxygen atoms in total. The first-order chi connectivity index (χ1) is 8.89. The van der Waals surface area contributed by atoms with Crippen LogP contribution < -0.4 is 5.32 Å². The van der Waals surface area contributed by atoms with Gasteiger partial charge in [-0.2, -0.15) is 13.2 Å². The van der Waals surface area contributed by atoms with Crippen molar-refractivity contribution < 1.29 is 17.6 Å². The zero-order valence-electron chi connectivity index (χ0n) is 10.8. The van der Waals surface area contributed by atoms with E-state index < -0.39 is 18.0 Å². The summed E-state index contributed by atoms with van der Waals surface area (Å²) >= 11 is 3.02. The second-order valence-corrected chi connectivity index (χ2v) is 5.25. The molecule has 1 aromatic carbocycles. The molecule has 0 bridgehead atoms. The molecular formula is C12H15BrCl2F4N2. The summed E-state index contributed by atoms with van der Waals surface area (Å²) in [7, 11) is 0. The number of piperazine rings is 1. The van der Waals surface area contributed by atoms with Crippen molar-refractivity contribution in [2.24, 2.45) is 0 Å². The standard InChI is InChI=1S/C12H13BrF4N2.2ClH/c13-10-7-8(14)1-2-9(10)11(12(15,16)17)19-5-3-18-4-6-19;;/h1-2,7,11,18H,3-6H2;2*1H/t11-;;/m1../s1. The van der Waals surface area contributed by atoms with Crippen molar-refractivity contribution in [1.82, 2.24) is 10.2 Å². The normalized spacial score (nSPS) is 17.6. The Bertz CT molecular complexity index is 453. The van der Waals surface area contributed by atoms with Gasteiger partial charge in [0, 0.05) is 30.7 Å². The monoisotopic (exact) mass is 412 g/mol. The number of alkyl halides is 3. The molecule has 0 radical (unpaired) electrons. The van der Waals surface area contributed by atoms with Crippen LogP contribution in [0, 0.1) is 5.82 Å². The smallest absolute Gasteiger partial charge is 0.314 e. The number of benzene rings is 1. The summed E-state index contributed by atoms with van der Waals surface area (Å²) in [6, 6.07) is 1.61. The van der Waals surface area contributed by atoms with Crippen molar-refractivity contribution in [2.45, 2.75) is 12.2 Å². The topological polar surface area (TPSA) is 15.3 Å². The molecule has 21 heavy (non-hydrogen) atoms. The van der Waals surface area contributed by atoms with Gasteiger partial charge in [0.2, 0.25) is 0 Å². The molecule has 122 valence electrons. The molecular weight excluding hydrogens is 399 g/mol. The predicted molar refractivity (Wildman–Crippen MR) is 81.8 cm³/mol. The van der Waals surface area contributed by atoms with Crippen LogP contribution >= 0.6 is 40.7 Å². The van der Waals surface area contributed by atoms with Crippen molar-refractivity contribution in [3.8, 4) is 0 Å². The minimum absolute atomic E-state index is 0. The van der Waals surface area contributed by atoms with Crippen LogP contribution in [0.3, 0.4) is 0 Å². The Hall–Kier alpha value is -0.0800. The predicted octanol–water partition coefficient (Wildman–Crippen LogP) is 3.94. The van der Waals surface area contributed by atoms with E-state index in [1.54, 1.807) is 0 Å². The zero-order chi connectivity index (χ0) is 14.0. The highest BCUT2D eigenvalue weighted by molar-refractivity contribution is 9.10. The lowest BCUT2D eigenvalue weighted by Gasteiger charge is -2.36.